The Morgan fingerprint density at radius 2 is 1.97 bits per heavy atom. The first kappa shape index (κ1) is 22.2. The summed E-state index contributed by atoms with van der Waals surface area (Å²) in [5.74, 6) is -1.41. The minimum Gasteiger partial charge on any atom is -0.473 e. The highest BCUT2D eigenvalue weighted by Gasteiger charge is 2.33. The van der Waals surface area contributed by atoms with Crippen LogP contribution in [0.5, 0.6) is 5.88 Å². The molecular weight excluding hydrogens is 495 g/mol. The lowest BCUT2D eigenvalue weighted by Crippen LogP contribution is -2.36. The number of aromatic nitrogens is 4. The van der Waals surface area contributed by atoms with E-state index in [0.29, 0.717) is 22.7 Å². The molecule has 0 spiro atoms. The molecule has 2 heterocycles. The summed E-state index contributed by atoms with van der Waals surface area (Å²) in [5.41, 5.74) is -0.515. The molecule has 1 aliphatic carbocycles. The average Bonchev–Trinajstić information content (AvgIpc) is 2.71. The minimum absolute atomic E-state index is 0.120. The SMILES string of the molecule is O=C(Cn1nc(OC2CC(CC(F)F)C2)c2cc(Br)ccc2c1=O)Nc1ncc(F)cn1. The van der Waals surface area contributed by atoms with E-state index in [0.717, 1.165) is 17.1 Å². The van der Waals surface area contributed by atoms with Gasteiger partial charge in [0.05, 0.1) is 23.2 Å². The number of anilines is 1. The van der Waals surface area contributed by atoms with Crippen molar-refractivity contribution < 1.29 is 22.7 Å². The summed E-state index contributed by atoms with van der Waals surface area (Å²) in [6.07, 6.45) is -0.127. The van der Waals surface area contributed by atoms with Gasteiger partial charge in [-0.15, -0.1) is 5.10 Å². The highest BCUT2D eigenvalue weighted by atomic mass is 79.9. The van der Waals surface area contributed by atoms with Gasteiger partial charge in [0.2, 0.25) is 24.2 Å². The number of hydrogen-bond donors (Lipinski definition) is 1. The zero-order valence-electron chi connectivity index (χ0n) is 16.5. The van der Waals surface area contributed by atoms with E-state index in [-0.39, 0.29) is 35.7 Å². The quantitative estimate of drug-likeness (QED) is 0.520. The van der Waals surface area contributed by atoms with E-state index in [1.165, 1.54) is 0 Å². The molecule has 32 heavy (non-hydrogen) atoms. The molecule has 0 aliphatic heterocycles. The van der Waals surface area contributed by atoms with E-state index in [9.17, 15) is 22.8 Å². The second kappa shape index (κ2) is 9.23. The van der Waals surface area contributed by atoms with Crippen LogP contribution in [-0.2, 0) is 11.3 Å². The van der Waals surface area contributed by atoms with Crippen LogP contribution >= 0.6 is 15.9 Å². The summed E-state index contributed by atoms with van der Waals surface area (Å²) in [7, 11) is 0. The first-order valence-electron chi connectivity index (χ1n) is 9.71. The second-order valence-corrected chi connectivity index (χ2v) is 8.35. The molecule has 0 unspecified atom stereocenters. The van der Waals surface area contributed by atoms with E-state index in [4.69, 9.17) is 4.74 Å². The van der Waals surface area contributed by atoms with Crippen LogP contribution in [0.25, 0.3) is 10.8 Å². The highest BCUT2D eigenvalue weighted by molar-refractivity contribution is 9.10. The topological polar surface area (TPSA) is 99.0 Å². The van der Waals surface area contributed by atoms with Crippen LogP contribution in [0.4, 0.5) is 19.1 Å². The van der Waals surface area contributed by atoms with Crippen LogP contribution in [0.15, 0.2) is 39.9 Å². The Bertz CT molecular complexity index is 1200. The molecule has 1 aliphatic rings. The van der Waals surface area contributed by atoms with Gasteiger partial charge in [0.25, 0.3) is 5.56 Å². The van der Waals surface area contributed by atoms with Crippen LogP contribution in [0.1, 0.15) is 19.3 Å². The third-order valence-electron chi connectivity index (χ3n) is 5.04. The standard InChI is InChI=1S/C20H17BrF3N5O3/c21-11-1-2-14-15(6-11)18(32-13-3-10(4-13)5-16(23)24)28-29(19(14)31)9-17(30)27-20-25-7-12(22)8-26-20/h1-2,6-8,10,13,16H,3-5,9H2,(H,25,26,27,30). The number of rotatable bonds is 7. The number of nitrogens with zero attached hydrogens (tertiary/aromatic N) is 4. The molecular formula is C20H17BrF3N5O3. The van der Waals surface area contributed by atoms with Crippen molar-refractivity contribution >= 4 is 38.6 Å². The predicted molar refractivity (Wildman–Crippen MR) is 112 cm³/mol. The van der Waals surface area contributed by atoms with Gasteiger partial charge in [-0.1, -0.05) is 15.9 Å². The van der Waals surface area contributed by atoms with Crippen LogP contribution < -0.4 is 15.6 Å². The van der Waals surface area contributed by atoms with Gasteiger partial charge in [0, 0.05) is 10.9 Å². The third-order valence-corrected chi connectivity index (χ3v) is 5.53. The number of fused-ring (bicyclic) bond motifs is 1. The van der Waals surface area contributed by atoms with Crippen molar-refractivity contribution in [2.45, 2.75) is 38.3 Å². The van der Waals surface area contributed by atoms with Crippen LogP contribution in [0.3, 0.4) is 0 Å². The smallest absolute Gasteiger partial charge is 0.275 e. The number of ether oxygens (including phenoxy) is 1. The fraction of sp³-hybridized carbons (Fsp3) is 0.350. The van der Waals surface area contributed by atoms with Gasteiger partial charge in [-0.2, -0.15) is 0 Å². The number of alkyl halides is 2. The summed E-state index contributed by atoms with van der Waals surface area (Å²) in [5, 5.41) is 7.29. The lowest BCUT2D eigenvalue weighted by atomic mass is 9.80. The molecule has 8 nitrogen and oxygen atoms in total. The van der Waals surface area contributed by atoms with Crippen LogP contribution in [0.2, 0.25) is 0 Å². The Labute approximate surface area is 187 Å². The molecule has 2 aromatic heterocycles. The van der Waals surface area contributed by atoms with Crippen molar-refractivity contribution in [3.8, 4) is 5.88 Å². The van der Waals surface area contributed by atoms with Crippen LogP contribution in [0, 0.1) is 11.7 Å². The van der Waals surface area contributed by atoms with E-state index in [2.05, 4.69) is 36.3 Å². The molecule has 12 heteroatoms. The Kier molecular flexibility index (Phi) is 6.40. The molecule has 1 amide bonds. The largest absolute Gasteiger partial charge is 0.473 e. The maximum atomic E-state index is 12.9. The van der Waals surface area contributed by atoms with Crippen molar-refractivity contribution in [1.82, 2.24) is 19.7 Å². The first-order chi connectivity index (χ1) is 15.3. The monoisotopic (exact) mass is 511 g/mol. The number of benzene rings is 1. The van der Waals surface area contributed by atoms with Gasteiger partial charge in [-0.25, -0.2) is 27.8 Å². The third kappa shape index (κ3) is 5.06. The predicted octanol–water partition coefficient (Wildman–Crippen LogP) is 3.54. The average molecular weight is 512 g/mol. The molecule has 1 fully saturated rings. The molecule has 0 radical (unpaired) electrons. The number of nitrogens with one attached hydrogen (secondary N) is 1. The second-order valence-electron chi connectivity index (χ2n) is 7.44. The van der Waals surface area contributed by atoms with E-state index in [1.54, 1.807) is 18.2 Å². The zero-order valence-corrected chi connectivity index (χ0v) is 18.1. The van der Waals surface area contributed by atoms with Gasteiger partial charge in [0.15, 0.2) is 5.82 Å². The molecule has 168 valence electrons. The maximum absolute atomic E-state index is 12.9. The van der Waals surface area contributed by atoms with Crippen molar-refractivity contribution in [2.75, 3.05) is 5.32 Å². The molecule has 0 bridgehead atoms. The molecule has 0 atom stereocenters. The van der Waals surface area contributed by atoms with E-state index < -0.39 is 30.3 Å². The molecule has 1 N–H and O–H groups in total. The summed E-state index contributed by atoms with van der Waals surface area (Å²) in [6, 6.07) is 4.92. The van der Waals surface area contributed by atoms with Gasteiger partial charge >= 0.3 is 0 Å². The fourth-order valence-corrected chi connectivity index (χ4v) is 3.83. The Morgan fingerprint density at radius 1 is 1.25 bits per heavy atom. The molecule has 0 saturated heterocycles. The Balaban J connectivity index is 1.56. The number of carbonyl (C=O) groups excluding carboxylic acids is 1. The summed E-state index contributed by atoms with van der Waals surface area (Å²) in [6.45, 7) is -0.458. The molecule has 1 aromatic carbocycles. The molecule has 4 rings (SSSR count). The molecule has 3 aromatic rings. The summed E-state index contributed by atoms with van der Waals surface area (Å²) >= 11 is 3.35. The summed E-state index contributed by atoms with van der Waals surface area (Å²) in [4.78, 5) is 32.5. The highest BCUT2D eigenvalue weighted by Crippen LogP contribution is 2.36. The number of amides is 1. The first-order valence-corrected chi connectivity index (χ1v) is 10.5. The van der Waals surface area contributed by atoms with Gasteiger partial charge in [0.1, 0.15) is 12.6 Å². The van der Waals surface area contributed by atoms with Gasteiger partial charge in [-0.3, -0.25) is 14.9 Å². The maximum Gasteiger partial charge on any atom is 0.275 e. The van der Waals surface area contributed by atoms with Crippen molar-refractivity contribution in [2.24, 2.45) is 5.92 Å². The Hall–Kier alpha value is -3.02. The summed E-state index contributed by atoms with van der Waals surface area (Å²) < 4.78 is 45.6. The lowest BCUT2D eigenvalue weighted by Gasteiger charge is -2.35. The fourth-order valence-electron chi connectivity index (χ4n) is 3.47. The van der Waals surface area contributed by atoms with Crippen molar-refractivity contribution in [3.05, 3.63) is 51.2 Å². The van der Waals surface area contributed by atoms with Gasteiger partial charge in [-0.05, 0) is 37.0 Å². The van der Waals surface area contributed by atoms with Crippen molar-refractivity contribution in [3.63, 3.8) is 0 Å². The van der Waals surface area contributed by atoms with Crippen LogP contribution in [-0.4, -0.2) is 38.2 Å². The van der Waals surface area contributed by atoms with Gasteiger partial charge < -0.3 is 4.74 Å². The number of carbonyl (C=O) groups is 1. The number of hydrogen-bond acceptors (Lipinski definition) is 6. The van der Waals surface area contributed by atoms with Crippen molar-refractivity contribution in [1.29, 1.82) is 0 Å². The Morgan fingerprint density at radius 3 is 2.66 bits per heavy atom. The van der Waals surface area contributed by atoms with E-state index in [1.807, 2.05) is 0 Å². The normalized spacial score (nSPS) is 17.9. The minimum atomic E-state index is -2.36. The zero-order chi connectivity index (χ0) is 22.8. The molecule has 1 saturated carbocycles. The lowest BCUT2D eigenvalue weighted by molar-refractivity contribution is -0.117. The number of halogens is 4. The van der Waals surface area contributed by atoms with E-state index >= 15 is 0 Å².